The number of nitrogens with one attached hydrogen (secondary N) is 1. The fourth-order valence-electron chi connectivity index (χ4n) is 3.98. The molecule has 0 spiro atoms. The molecule has 1 unspecified atom stereocenters. The highest BCUT2D eigenvalue weighted by molar-refractivity contribution is 6.00. The van der Waals surface area contributed by atoms with Gasteiger partial charge in [0.05, 0.1) is 6.54 Å². The number of likely N-dealkylation sites (tertiary alicyclic amines) is 1. The van der Waals surface area contributed by atoms with E-state index in [1.807, 2.05) is 43.3 Å². The van der Waals surface area contributed by atoms with E-state index in [0.29, 0.717) is 17.1 Å². The lowest BCUT2D eigenvalue weighted by Gasteiger charge is -2.32. The van der Waals surface area contributed by atoms with Crippen molar-refractivity contribution < 1.29 is 9.90 Å². The molecule has 1 fully saturated rings. The maximum absolute atomic E-state index is 11.2. The van der Waals surface area contributed by atoms with Gasteiger partial charge in [-0.1, -0.05) is 30.3 Å². The molecule has 4 N–H and O–H groups in total. The largest absolute Gasteiger partial charge is 0.507 e. The van der Waals surface area contributed by atoms with Crippen LogP contribution in [-0.4, -0.2) is 51.8 Å². The zero-order valence-corrected chi connectivity index (χ0v) is 16.4. The summed E-state index contributed by atoms with van der Waals surface area (Å²) in [6, 6.07) is 13.6. The van der Waals surface area contributed by atoms with E-state index in [-0.39, 0.29) is 24.2 Å². The van der Waals surface area contributed by atoms with Gasteiger partial charge in [0.1, 0.15) is 11.4 Å². The fourth-order valence-corrected chi connectivity index (χ4v) is 3.98. The number of aromatic hydroxyl groups is 1. The lowest BCUT2D eigenvalue weighted by molar-refractivity contribution is -0.119. The van der Waals surface area contributed by atoms with E-state index in [2.05, 4.69) is 20.4 Å². The van der Waals surface area contributed by atoms with Gasteiger partial charge in [0, 0.05) is 28.9 Å². The number of hydrogen-bond acceptors (Lipinski definition) is 6. The Hall–Kier alpha value is -3.19. The Morgan fingerprint density at radius 3 is 2.79 bits per heavy atom. The number of amides is 1. The van der Waals surface area contributed by atoms with Gasteiger partial charge in [-0.2, -0.15) is 0 Å². The third-order valence-electron chi connectivity index (χ3n) is 5.32. The van der Waals surface area contributed by atoms with Crippen LogP contribution in [0, 0.1) is 6.92 Å². The van der Waals surface area contributed by atoms with Crippen LogP contribution in [-0.2, 0) is 4.79 Å². The number of benzene rings is 2. The maximum atomic E-state index is 11.2. The van der Waals surface area contributed by atoms with Crippen LogP contribution < -0.4 is 11.1 Å². The number of aryl methyl sites for hydroxylation is 1. The summed E-state index contributed by atoms with van der Waals surface area (Å²) in [4.78, 5) is 13.3. The Balaban J connectivity index is 1.66. The Kier molecular flexibility index (Phi) is 5.31. The first-order valence-corrected chi connectivity index (χ1v) is 9.84. The summed E-state index contributed by atoms with van der Waals surface area (Å²) < 4.78 is 0. The van der Waals surface area contributed by atoms with E-state index in [0.717, 1.165) is 42.3 Å². The number of rotatable bonds is 5. The molecule has 1 amide bonds. The lowest BCUT2D eigenvalue weighted by Crippen LogP contribution is -2.45. The molecule has 7 heteroatoms. The third kappa shape index (κ3) is 4.14. The molecular formula is C22H25N5O2. The average molecular weight is 391 g/mol. The van der Waals surface area contributed by atoms with E-state index in [4.69, 9.17) is 5.73 Å². The molecule has 0 aliphatic carbocycles. The molecule has 1 aromatic heterocycles. The third-order valence-corrected chi connectivity index (χ3v) is 5.32. The minimum Gasteiger partial charge on any atom is -0.507 e. The van der Waals surface area contributed by atoms with Gasteiger partial charge in [-0.05, 0) is 44.0 Å². The van der Waals surface area contributed by atoms with Gasteiger partial charge in [-0.15, -0.1) is 10.2 Å². The zero-order chi connectivity index (χ0) is 20.4. The number of hydrogen-bond donors (Lipinski definition) is 3. The maximum Gasteiger partial charge on any atom is 0.231 e. The second-order valence-corrected chi connectivity index (χ2v) is 7.65. The highest BCUT2D eigenvalue weighted by atomic mass is 16.3. The van der Waals surface area contributed by atoms with Gasteiger partial charge < -0.3 is 16.2 Å². The molecule has 1 aliphatic rings. The van der Waals surface area contributed by atoms with Gasteiger partial charge in [-0.25, -0.2) is 0 Å². The van der Waals surface area contributed by atoms with Crippen LogP contribution in [0.1, 0.15) is 18.4 Å². The van der Waals surface area contributed by atoms with Crippen molar-refractivity contribution in [3.8, 4) is 17.0 Å². The molecular weight excluding hydrogens is 366 g/mol. The monoisotopic (exact) mass is 391 g/mol. The Morgan fingerprint density at radius 1 is 1.24 bits per heavy atom. The normalized spacial score (nSPS) is 17.3. The summed E-state index contributed by atoms with van der Waals surface area (Å²) in [6.07, 6.45) is 1.98. The fraction of sp³-hybridized carbons (Fsp3) is 0.318. The average Bonchev–Trinajstić information content (AvgIpc) is 2.69. The molecule has 4 rings (SSSR count). The topological polar surface area (TPSA) is 104 Å². The van der Waals surface area contributed by atoms with E-state index in [1.165, 1.54) is 0 Å². The molecule has 1 aliphatic heterocycles. The molecule has 7 nitrogen and oxygen atoms in total. The molecule has 3 aromatic rings. The van der Waals surface area contributed by atoms with Gasteiger partial charge in [0.2, 0.25) is 5.91 Å². The summed E-state index contributed by atoms with van der Waals surface area (Å²) in [5, 5.41) is 24.7. The first-order valence-electron chi connectivity index (χ1n) is 9.84. The van der Waals surface area contributed by atoms with Crippen LogP contribution >= 0.6 is 0 Å². The minimum absolute atomic E-state index is 0.166. The summed E-state index contributed by atoms with van der Waals surface area (Å²) in [7, 11) is 0. The van der Waals surface area contributed by atoms with Crippen molar-refractivity contribution in [3.05, 3.63) is 48.0 Å². The van der Waals surface area contributed by atoms with Crippen molar-refractivity contribution in [2.75, 3.05) is 25.0 Å². The van der Waals surface area contributed by atoms with Crippen molar-refractivity contribution >= 4 is 22.5 Å². The molecule has 0 radical (unpaired) electrons. The van der Waals surface area contributed by atoms with Gasteiger partial charge >= 0.3 is 0 Å². The van der Waals surface area contributed by atoms with Crippen LogP contribution in [0.15, 0.2) is 42.5 Å². The Labute approximate surface area is 169 Å². The summed E-state index contributed by atoms with van der Waals surface area (Å²) in [5.74, 6) is 0.597. The number of carbonyl (C=O) groups excluding carboxylic acids is 1. The number of primary amides is 1. The molecule has 1 saturated heterocycles. The summed E-state index contributed by atoms with van der Waals surface area (Å²) in [6.45, 7) is 3.82. The zero-order valence-electron chi connectivity index (χ0n) is 16.4. The van der Waals surface area contributed by atoms with Crippen LogP contribution in [0.25, 0.3) is 22.0 Å². The predicted molar refractivity (Wildman–Crippen MR) is 114 cm³/mol. The van der Waals surface area contributed by atoms with Crippen molar-refractivity contribution in [1.29, 1.82) is 0 Å². The first-order chi connectivity index (χ1) is 14.0. The van der Waals surface area contributed by atoms with E-state index in [9.17, 15) is 9.90 Å². The van der Waals surface area contributed by atoms with E-state index >= 15 is 0 Å². The van der Waals surface area contributed by atoms with Gasteiger partial charge in [0.25, 0.3) is 0 Å². The van der Waals surface area contributed by atoms with Crippen molar-refractivity contribution in [3.63, 3.8) is 0 Å². The molecule has 2 aromatic carbocycles. The quantitative estimate of drug-likeness (QED) is 0.618. The Morgan fingerprint density at radius 2 is 2.03 bits per heavy atom. The van der Waals surface area contributed by atoms with Crippen LogP contribution in [0.3, 0.4) is 0 Å². The number of nitrogens with two attached hydrogens (primary N) is 1. The number of phenolic OH excluding ortho intramolecular Hbond substituents is 1. The lowest BCUT2D eigenvalue weighted by atomic mass is 10.0. The van der Waals surface area contributed by atoms with E-state index in [1.54, 1.807) is 6.07 Å². The molecule has 2 heterocycles. The highest BCUT2D eigenvalue weighted by Crippen LogP contribution is 2.35. The number of carbonyl (C=O) groups is 1. The summed E-state index contributed by atoms with van der Waals surface area (Å²) >= 11 is 0. The van der Waals surface area contributed by atoms with Crippen LogP contribution in [0.5, 0.6) is 5.75 Å². The van der Waals surface area contributed by atoms with Crippen molar-refractivity contribution in [2.45, 2.75) is 25.8 Å². The predicted octanol–water partition coefficient (Wildman–Crippen LogP) is 2.67. The smallest absolute Gasteiger partial charge is 0.231 e. The highest BCUT2D eigenvalue weighted by Gasteiger charge is 2.22. The summed E-state index contributed by atoms with van der Waals surface area (Å²) in [5.41, 5.74) is 7.65. The standard InChI is InChI=1S/C22H25N5O2/c1-14-8-9-18(19(28)11-14)21-16-6-2-3-7-17(16)22(26-25-21)24-15-5-4-10-27(12-15)13-20(23)29/h2-3,6-9,11,15,28H,4-5,10,12-13H2,1H3,(H2,23,29)(H,24,26). The van der Waals surface area contributed by atoms with Crippen LogP contribution in [0.4, 0.5) is 5.82 Å². The second-order valence-electron chi connectivity index (χ2n) is 7.65. The van der Waals surface area contributed by atoms with Gasteiger partial charge in [0.15, 0.2) is 5.82 Å². The Bertz CT molecular complexity index is 1050. The molecule has 0 saturated carbocycles. The number of piperidine rings is 1. The SMILES string of the molecule is Cc1ccc(-c2nnc(NC3CCCN(CC(N)=O)C3)c3ccccc23)c(O)c1. The number of anilines is 1. The molecule has 150 valence electrons. The van der Waals surface area contributed by atoms with Gasteiger partial charge in [-0.3, -0.25) is 9.69 Å². The second kappa shape index (κ2) is 8.05. The van der Waals surface area contributed by atoms with Crippen molar-refractivity contribution in [2.24, 2.45) is 5.73 Å². The minimum atomic E-state index is -0.307. The first kappa shape index (κ1) is 19.1. The molecule has 1 atom stereocenters. The van der Waals surface area contributed by atoms with Crippen LogP contribution in [0.2, 0.25) is 0 Å². The number of phenols is 1. The number of aromatic nitrogens is 2. The van der Waals surface area contributed by atoms with E-state index < -0.39 is 0 Å². The number of nitrogens with zero attached hydrogens (tertiary/aromatic N) is 3. The van der Waals surface area contributed by atoms with Crippen molar-refractivity contribution in [1.82, 2.24) is 15.1 Å². The molecule has 0 bridgehead atoms. The molecule has 29 heavy (non-hydrogen) atoms. The number of fused-ring (bicyclic) bond motifs is 1.